The SMILES string of the molecule is CC1=[C-]C(C)C(C)=C1C.Fc1ccc(-c2c[cH-]c3ccccc23)cc1F.[CH3-].[CH3-].[Si]=[Zr]. The third kappa shape index (κ3) is 6.49. The molecule has 1 aliphatic carbocycles. The summed E-state index contributed by atoms with van der Waals surface area (Å²) in [7, 11) is 0. The molecule has 0 heterocycles. The van der Waals surface area contributed by atoms with Crippen molar-refractivity contribution in [2.45, 2.75) is 27.7 Å². The molecular weight excluding hydrogens is 470 g/mol. The van der Waals surface area contributed by atoms with Crippen LogP contribution in [0.5, 0.6) is 0 Å². The van der Waals surface area contributed by atoms with Gasteiger partial charge in [0.1, 0.15) is 0 Å². The molecule has 0 bridgehead atoms. The maximum atomic E-state index is 13.2. The summed E-state index contributed by atoms with van der Waals surface area (Å²) in [6.45, 7) is 11.7. The predicted molar refractivity (Wildman–Crippen MR) is 123 cm³/mol. The van der Waals surface area contributed by atoms with E-state index in [4.69, 9.17) is 0 Å². The first-order valence-electron chi connectivity index (χ1n) is 9.01. The van der Waals surface area contributed by atoms with Crippen LogP contribution in [0.4, 0.5) is 8.78 Å². The minimum absolute atomic E-state index is 0. The minimum atomic E-state index is -0.815. The second-order valence-electron chi connectivity index (χ2n) is 6.76. The summed E-state index contributed by atoms with van der Waals surface area (Å²) in [4.78, 5) is 0. The zero-order chi connectivity index (χ0) is 20.8. The van der Waals surface area contributed by atoms with E-state index in [9.17, 15) is 8.78 Å². The molecule has 2 radical (unpaired) electrons. The van der Waals surface area contributed by atoms with E-state index in [-0.39, 0.29) is 14.9 Å². The van der Waals surface area contributed by atoms with Gasteiger partial charge in [0.05, 0.1) is 0 Å². The summed E-state index contributed by atoms with van der Waals surface area (Å²) in [5.41, 5.74) is 5.87. The molecule has 158 valence electrons. The molecule has 1 aliphatic rings. The Morgan fingerprint density at radius 2 is 1.60 bits per heavy atom. The van der Waals surface area contributed by atoms with E-state index in [0.717, 1.165) is 22.4 Å². The van der Waals surface area contributed by atoms with Gasteiger partial charge in [-0.25, -0.2) is 14.4 Å². The molecule has 0 spiro atoms. The van der Waals surface area contributed by atoms with Crippen molar-refractivity contribution in [3.63, 3.8) is 0 Å². The summed E-state index contributed by atoms with van der Waals surface area (Å²) in [5.74, 6) is -1.07. The molecule has 0 saturated carbocycles. The van der Waals surface area contributed by atoms with E-state index in [0.29, 0.717) is 11.5 Å². The molecule has 0 aromatic heterocycles. The second kappa shape index (κ2) is 13.0. The molecule has 1 atom stereocenters. The number of allylic oxidation sites excluding steroid dienone is 4. The van der Waals surface area contributed by atoms with Crippen molar-refractivity contribution in [1.82, 2.24) is 0 Å². The number of fused-ring (bicyclic) bond motifs is 1. The van der Waals surface area contributed by atoms with Crippen LogP contribution in [0.2, 0.25) is 0 Å². The van der Waals surface area contributed by atoms with Crippen LogP contribution in [-0.4, -0.2) is 6.88 Å². The number of hydrogen-bond acceptors (Lipinski definition) is 0. The van der Waals surface area contributed by atoms with Crippen molar-refractivity contribution in [1.29, 1.82) is 0 Å². The number of benzene rings is 2. The van der Waals surface area contributed by atoms with Crippen LogP contribution in [0.3, 0.4) is 0 Å². The topological polar surface area (TPSA) is 0 Å². The predicted octanol–water partition coefficient (Wildman–Crippen LogP) is 7.74. The van der Waals surface area contributed by atoms with Gasteiger partial charge in [-0.2, -0.15) is 11.1 Å². The normalized spacial score (nSPS) is 14.4. The van der Waals surface area contributed by atoms with Crippen LogP contribution in [0.1, 0.15) is 27.7 Å². The van der Waals surface area contributed by atoms with Gasteiger partial charge in [0, 0.05) is 0 Å². The molecule has 0 N–H and O–H groups in total. The van der Waals surface area contributed by atoms with Gasteiger partial charge in [-0.1, -0.05) is 44.4 Å². The molecule has 0 amide bonds. The Hall–Kier alpha value is -1.51. The van der Waals surface area contributed by atoms with Crippen molar-refractivity contribution < 1.29 is 32.1 Å². The standard InChI is InChI=1S/C15H9F2.C9H13.2CH3.Si.Zr/c16-14-8-6-11(9-15(14)17)13-7-5-10-3-1-2-4-12(10)13;1-6-5-7(2)9(4)8(6)3;;;;/h1-9H;6H,1-4H3;2*1H3;;/q4*-1;;. The van der Waals surface area contributed by atoms with Gasteiger partial charge in [-0.15, -0.1) is 53.6 Å². The van der Waals surface area contributed by atoms with E-state index in [1.54, 1.807) is 6.07 Å². The first-order valence-corrected chi connectivity index (χ1v) is 13.2. The zero-order valence-electron chi connectivity index (χ0n) is 18.5. The van der Waals surface area contributed by atoms with Crippen LogP contribution in [0, 0.1) is 38.5 Å². The molecule has 0 saturated heterocycles. The Balaban J connectivity index is 0.000000558. The third-order valence-electron chi connectivity index (χ3n) is 5.15. The fraction of sp³-hybridized carbons (Fsp3) is 0.192. The summed E-state index contributed by atoms with van der Waals surface area (Å²) in [5, 5.41) is 2.16. The van der Waals surface area contributed by atoms with Gasteiger partial charge in [-0.3, -0.25) is 6.08 Å². The number of hydrogen-bond donors (Lipinski definition) is 0. The van der Waals surface area contributed by atoms with Crippen LogP contribution < -0.4 is 0 Å². The molecule has 0 fully saturated rings. The van der Waals surface area contributed by atoms with E-state index in [1.165, 1.54) is 46.1 Å². The van der Waals surface area contributed by atoms with Crippen molar-refractivity contribution >= 4 is 17.7 Å². The van der Waals surface area contributed by atoms with Crippen molar-refractivity contribution in [3.05, 3.63) is 104 Å². The van der Waals surface area contributed by atoms with Gasteiger partial charge < -0.3 is 14.9 Å². The molecule has 4 rings (SSSR count). The van der Waals surface area contributed by atoms with Crippen LogP contribution in [-0.2, 0) is 23.3 Å². The fourth-order valence-electron chi connectivity index (χ4n) is 3.23. The average Bonchev–Trinajstić information content (AvgIpc) is 3.23. The number of halogens is 2. The molecule has 4 heteroatoms. The Bertz CT molecular complexity index is 1030. The van der Waals surface area contributed by atoms with Crippen LogP contribution >= 0.6 is 0 Å². The van der Waals surface area contributed by atoms with E-state index in [1.807, 2.05) is 36.4 Å². The van der Waals surface area contributed by atoms with Gasteiger partial charge in [0.25, 0.3) is 0 Å². The molecule has 3 aromatic carbocycles. The molecule has 1 unspecified atom stereocenters. The number of rotatable bonds is 1. The molecular formula is C26H28F2SiZr-4. The van der Waals surface area contributed by atoms with Crippen molar-refractivity contribution in [3.8, 4) is 11.1 Å². The first kappa shape index (κ1) is 28.5. The monoisotopic (exact) mass is 496 g/mol. The Labute approximate surface area is 197 Å². The van der Waals surface area contributed by atoms with E-state index < -0.39 is 11.6 Å². The van der Waals surface area contributed by atoms with Gasteiger partial charge in [-0.05, 0) is 12.1 Å². The molecule has 0 nitrogen and oxygen atoms in total. The maximum absolute atomic E-state index is 13.2. The first-order chi connectivity index (χ1) is 13.4. The van der Waals surface area contributed by atoms with E-state index >= 15 is 0 Å². The van der Waals surface area contributed by atoms with Gasteiger partial charge in [0.15, 0.2) is 11.6 Å². The average molecular weight is 498 g/mol. The summed E-state index contributed by atoms with van der Waals surface area (Å²) in [6, 6.07) is 15.8. The van der Waals surface area contributed by atoms with Crippen molar-refractivity contribution in [2.24, 2.45) is 5.92 Å². The zero-order valence-corrected chi connectivity index (χ0v) is 22.0. The summed E-state index contributed by atoms with van der Waals surface area (Å²) < 4.78 is 26.1. The Morgan fingerprint density at radius 3 is 2.10 bits per heavy atom. The van der Waals surface area contributed by atoms with Crippen LogP contribution in [0.25, 0.3) is 21.9 Å². The molecule has 3 aromatic rings. The van der Waals surface area contributed by atoms with Crippen LogP contribution in [0.15, 0.2) is 71.3 Å². The van der Waals surface area contributed by atoms with Crippen molar-refractivity contribution in [2.75, 3.05) is 0 Å². The summed E-state index contributed by atoms with van der Waals surface area (Å²) in [6.07, 6.45) is 3.36. The molecule has 0 aliphatic heterocycles. The molecule has 30 heavy (non-hydrogen) atoms. The van der Waals surface area contributed by atoms with E-state index in [2.05, 4.69) is 40.7 Å². The third-order valence-corrected chi connectivity index (χ3v) is 5.15. The Kier molecular flexibility index (Phi) is 12.4. The van der Waals surface area contributed by atoms with Gasteiger partial charge >= 0.3 is 30.2 Å². The Morgan fingerprint density at radius 1 is 0.967 bits per heavy atom. The quantitative estimate of drug-likeness (QED) is 0.238. The second-order valence-corrected chi connectivity index (χ2v) is 6.76. The van der Waals surface area contributed by atoms with Gasteiger partial charge in [0.2, 0.25) is 0 Å². The summed E-state index contributed by atoms with van der Waals surface area (Å²) >= 11 is 1.36. The fourth-order valence-corrected chi connectivity index (χ4v) is 3.23.